The Kier molecular flexibility index (Phi) is 17.1. The van der Waals surface area contributed by atoms with Crippen molar-refractivity contribution >= 4 is 41.9 Å². The number of amides is 2. The Bertz CT molecular complexity index is 493. The first-order valence-corrected chi connectivity index (χ1v) is 10.4. The normalized spacial score (nSPS) is 12.6. The first-order chi connectivity index (χ1) is 13.1. The van der Waals surface area contributed by atoms with Crippen LogP contribution in [0.3, 0.4) is 0 Å². The Morgan fingerprint density at radius 1 is 1.07 bits per heavy atom. The number of alkyl carbamates (subject to hydrolysis) is 1. The summed E-state index contributed by atoms with van der Waals surface area (Å²) < 4.78 is 5.30. The summed E-state index contributed by atoms with van der Waals surface area (Å²) in [6.07, 6.45) is 2.90. The highest BCUT2D eigenvalue weighted by atomic mass is 127. The number of nitrogens with one attached hydrogen (secondary N) is 4. The van der Waals surface area contributed by atoms with Crippen LogP contribution in [0, 0.1) is 0 Å². The first-order valence-electron chi connectivity index (χ1n) is 10.4. The Labute approximate surface area is 193 Å². The summed E-state index contributed by atoms with van der Waals surface area (Å²) >= 11 is 0. The number of ether oxygens (including phenoxy) is 1. The number of rotatable bonds is 11. The minimum atomic E-state index is -0.524. The van der Waals surface area contributed by atoms with E-state index in [1.165, 1.54) is 0 Å². The number of unbranched alkanes of at least 4 members (excludes halogenated alkanes) is 1. The number of hydrogen-bond donors (Lipinski definition) is 4. The van der Waals surface area contributed by atoms with Crippen molar-refractivity contribution in [3.8, 4) is 0 Å². The molecule has 0 aliphatic heterocycles. The lowest BCUT2D eigenvalue weighted by molar-refractivity contribution is -0.121. The number of hydrogen-bond acceptors (Lipinski definition) is 4. The minimum absolute atomic E-state index is 0. The molecule has 0 aromatic rings. The quantitative estimate of drug-likeness (QED) is 0.188. The molecule has 1 unspecified atom stereocenters. The molecule has 9 heteroatoms. The van der Waals surface area contributed by atoms with Crippen LogP contribution in [0.1, 0.15) is 74.1 Å². The van der Waals surface area contributed by atoms with Crippen LogP contribution in [0.15, 0.2) is 4.99 Å². The molecule has 8 nitrogen and oxygen atoms in total. The summed E-state index contributed by atoms with van der Waals surface area (Å²) in [5.74, 6) is 0.635. The predicted octanol–water partition coefficient (Wildman–Crippen LogP) is 3.16. The molecular weight excluding hydrogens is 485 g/mol. The third-order valence-corrected chi connectivity index (χ3v) is 3.54. The smallest absolute Gasteiger partial charge is 0.407 e. The molecule has 0 saturated carbocycles. The Hall–Kier alpha value is -1.26. The molecule has 0 aliphatic rings. The van der Waals surface area contributed by atoms with Crippen molar-refractivity contribution in [2.24, 2.45) is 4.99 Å². The van der Waals surface area contributed by atoms with E-state index in [1.54, 1.807) is 0 Å². The Morgan fingerprint density at radius 3 is 2.24 bits per heavy atom. The lowest BCUT2D eigenvalue weighted by Crippen LogP contribution is -2.49. The molecule has 2 amide bonds. The van der Waals surface area contributed by atoms with Crippen molar-refractivity contribution in [3.05, 3.63) is 0 Å². The molecule has 0 radical (unpaired) electrons. The van der Waals surface area contributed by atoms with E-state index in [-0.39, 0.29) is 42.0 Å². The van der Waals surface area contributed by atoms with Gasteiger partial charge in [0.15, 0.2) is 5.96 Å². The topological polar surface area (TPSA) is 104 Å². The Balaban J connectivity index is 0. The van der Waals surface area contributed by atoms with Crippen molar-refractivity contribution < 1.29 is 14.3 Å². The number of guanidine groups is 1. The average molecular weight is 527 g/mol. The molecule has 29 heavy (non-hydrogen) atoms. The van der Waals surface area contributed by atoms with Crippen molar-refractivity contribution in [3.63, 3.8) is 0 Å². The van der Waals surface area contributed by atoms with Crippen LogP contribution in [0.4, 0.5) is 4.79 Å². The lowest BCUT2D eigenvalue weighted by atomic mass is 10.1. The van der Waals surface area contributed by atoms with E-state index in [0.717, 1.165) is 19.3 Å². The molecule has 0 aliphatic carbocycles. The Morgan fingerprint density at radius 2 is 1.72 bits per heavy atom. The van der Waals surface area contributed by atoms with Crippen molar-refractivity contribution in [1.29, 1.82) is 0 Å². The van der Waals surface area contributed by atoms with Gasteiger partial charge in [-0.15, -0.1) is 24.0 Å². The molecule has 1 atom stereocenters. The standard InChI is InChI=1S/C20H41N5O3.HI/c1-8-10-11-16(14-23-19(27)28-20(5,6)7)25-18(21-9-2)22-13-12-17(26)24-15(3)4;/h15-16H,8-14H2,1-7H3,(H,23,27)(H,24,26)(H2,21,22,25);1H. The van der Waals surface area contributed by atoms with Crippen LogP contribution in [-0.4, -0.2) is 55.3 Å². The van der Waals surface area contributed by atoms with Crippen LogP contribution in [-0.2, 0) is 9.53 Å². The lowest BCUT2D eigenvalue weighted by Gasteiger charge is -2.24. The molecular formula is C20H42IN5O3. The monoisotopic (exact) mass is 527 g/mol. The average Bonchev–Trinajstić information content (AvgIpc) is 2.55. The molecule has 4 N–H and O–H groups in total. The van der Waals surface area contributed by atoms with E-state index >= 15 is 0 Å². The highest BCUT2D eigenvalue weighted by Crippen LogP contribution is 2.07. The van der Waals surface area contributed by atoms with Gasteiger partial charge in [0.1, 0.15) is 5.60 Å². The van der Waals surface area contributed by atoms with Gasteiger partial charge in [-0.1, -0.05) is 19.8 Å². The second-order valence-electron chi connectivity index (χ2n) is 8.10. The number of halogens is 1. The molecule has 0 bridgehead atoms. The van der Waals surface area contributed by atoms with Crippen molar-refractivity contribution in [2.75, 3.05) is 19.6 Å². The highest BCUT2D eigenvalue weighted by molar-refractivity contribution is 14.0. The van der Waals surface area contributed by atoms with Gasteiger partial charge in [0.25, 0.3) is 0 Å². The number of aliphatic imine (C=N–C) groups is 1. The third kappa shape index (κ3) is 18.5. The molecule has 0 fully saturated rings. The summed E-state index contributed by atoms with van der Waals surface area (Å²) in [6, 6.07) is 0.148. The SMILES string of the molecule is CCCCC(CNC(=O)OC(C)(C)C)NC(=NCCC(=O)NC(C)C)NCC.I. The molecule has 172 valence electrons. The zero-order valence-corrected chi connectivity index (χ0v) is 21.5. The largest absolute Gasteiger partial charge is 0.444 e. The van der Waals surface area contributed by atoms with Gasteiger partial charge < -0.3 is 26.0 Å². The fourth-order valence-electron chi connectivity index (χ4n) is 2.37. The van der Waals surface area contributed by atoms with Gasteiger partial charge in [0, 0.05) is 31.6 Å². The van der Waals surface area contributed by atoms with Crippen molar-refractivity contribution in [1.82, 2.24) is 21.3 Å². The highest BCUT2D eigenvalue weighted by Gasteiger charge is 2.18. The maximum atomic E-state index is 11.9. The molecule has 0 rings (SSSR count). The van der Waals surface area contributed by atoms with Gasteiger partial charge in [-0.05, 0) is 48.0 Å². The second kappa shape index (κ2) is 16.5. The van der Waals surface area contributed by atoms with Crippen molar-refractivity contribution in [2.45, 2.75) is 91.8 Å². The zero-order valence-electron chi connectivity index (χ0n) is 19.2. The number of nitrogens with zero attached hydrogens (tertiary/aromatic N) is 1. The minimum Gasteiger partial charge on any atom is -0.444 e. The maximum absolute atomic E-state index is 11.9. The summed E-state index contributed by atoms with van der Waals surface area (Å²) in [5.41, 5.74) is -0.524. The van der Waals surface area contributed by atoms with Crippen LogP contribution >= 0.6 is 24.0 Å². The summed E-state index contributed by atoms with van der Waals surface area (Å²) in [6.45, 7) is 15.0. The van der Waals surface area contributed by atoms with E-state index in [2.05, 4.69) is 33.2 Å². The van der Waals surface area contributed by atoms with Gasteiger partial charge in [-0.3, -0.25) is 9.79 Å². The molecule has 0 saturated heterocycles. The van der Waals surface area contributed by atoms with E-state index in [9.17, 15) is 9.59 Å². The van der Waals surface area contributed by atoms with E-state index in [1.807, 2.05) is 41.5 Å². The van der Waals surface area contributed by atoms with E-state index in [4.69, 9.17) is 4.74 Å². The van der Waals surface area contributed by atoms with Crippen LogP contribution in [0.5, 0.6) is 0 Å². The van der Waals surface area contributed by atoms with E-state index < -0.39 is 11.7 Å². The zero-order chi connectivity index (χ0) is 21.6. The van der Waals surface area contributed by atoms with Crippen LogP contribution in [0.25, 0.3) is 0 Å². The second-order valence-corrected chi connectivity index (χ2v) is 8.10. The van der Waals surface area contributed by atoms with Crippen LogP contribution < -0.4 is 21.3 Å². The fourth-order valence-corrected chi connectivity index (χ4v) is 2.37. The molecule has 0 spiro atoms. The van der Waals surface area contributed by atoms with Gasteiger partial charge in [-0.25, -0.2) is 4.79 Å². The van der Waals surface area contributed by atoms with Gasteiger partial charge >= 0.3 is 6.09 Å². The summed E-state index contributed by atoms with van der Waals surface area (Å²) in [4.78, 5) is 28.2. The number of carbonyl (C=O) groups is 2. The first kappa shape index (κ1) is 29.9. The van der Waals surface area contributed by atoms with Gasteiger partial charge in [0.2, 0.25) is 5.91 Å². The van der Waals surface area contributed by atoms with Crippen LogP contribution in [0.2, 0.25) is 0 Å². The van der Waals surface area contributed by atoms with E-state index in [0.29, 0.717) is 32.0 Å². The summed E-state index contributed by atoms with van der Waals surface area (Å²) in [5, 5.41) is 12.2. The number of carbonyl (C=O) groups excluding carboxylic acids is 2. The van der Waals surface area contributed by atoms with Gasteiger partial charge in [-0.2, -0.15) is 0 Å². The maximum Gasteiger partial charge on any atom is 0.407 e. The molecule has 0 aromatic carbocycles. The molecule has 0 aromatic heterocycles. The predicted molar refractivity (Wildman–Crippen MR) is 130 cm³/mol. The fraction of sp³-hybridized carbons (Fsp3) is 0.850. The van der Waals surface area contributed by atoms with Gasteiger partial charge in [0.05, 0.1) is 6.54 Å². The summed E-state index contributed by atoms with van der Waals surface area (Å²) in [7, 11) is 0. The third-order valence-electron chi connectivity index (χ3n) is 3.54. The molecule has 0 heterocycles.